The lowest BCUT2D eigenvalue weighted by Gasteiger charge is -2.26. The fourth-order valence-corrected chi connectivity index (χ4v) is 4.93. The Balaban J connectivity index is 1.50. The maximum Gasteiger partial charge on any atom is 0.222 e. The van der Waals surface area contributed by atoms with Crippen LogP contribution in [0.5, 0.6) is 5.75 Å². The van der Waals surface area contributed by atoms with Gasteiger partial charge in [0.05, 0.1) is 7.11 Å². The Bertz CT molecular complexity index is 546. The number of thioether (sulfide) groups is 1. The normalized spacial score (nSPS) is 22.4. The van der Waals surface area contributed by atoms with Crippen LogP contribution in [0.25, 0.3) is 0 Å². The van der Waals surface area contributed by atoms with E-state index in [0.29, 0.717) is 6.42 Å². The summed E-state index contributed by atoms with van der Waals surface area (Å²) in [5, 5.41) is 0. The number of rotatable bonds is 5. The molecule has 2 aliphatic heterocycles. The zero-order valence-corrected chi connectivity index (χ0v) is 15.4. The second-order valence-corrected chi connectivity index (χ2v) is 7.75. The van der Waals surface area contributed by atoms with Crippen molar-refractivity contribution in [2.45, 2.75) is 31.7 Å². The molecule has 0 bridgehead atoms. The molecule has 0 saturated carbocycles. The van der Waals surface area contributed by atoms with Gasteiger partial charge in [-0.3, -0.25) is 9.69 Å². The number of hydrogen-bond acceptors (Lipinski definition) is 4. The quantitative estimate of drug-likeness (QED) is 0.819. The molecule has 2 saturated heterocycles. The van der Waals surface area contributed by atoms with E-state index in [-0.39, 0.29) is 5.91 Å². The fourth-order valence-electron chi connectivity index (χ4n) is 3.67. The van der Waals surface area contributed by atoms with Gasteiger partial charge in [0.1, 0.15) is 5.75 Å². The number of amides is 1. The van der Waals surface area contributed by atoms with E-state index in [0.717, 1.165) is 56.4 Å². The van der Waals surface area contributed by atoms with Crippen LogP contribution in [0.1, 0.15) is 24.8 Å². The molecule has 2 aliphatic rings. The summed E-state index contributed by atoms with van der Waals surface area (Å²) in [4.78, 5) is 17.3. The van der Waals surface area contributed by atoms with Crippen LogP contribution in [0.15, 0.2) is 24.3 Å². The first-order chi connectivity index (χ1) is 11.8. The maximum atomic E-state index is 12.6. The Morgan fingerprint density at radius 3 is 2.92 bits per heavy atom. The van der Waals surface area contributed by atoms with E-state index < -0.39 is 0 Å². The highest BCUT2D eigenvalue weighted by Gasteiger charge is 2.26. The van der Waals surface area contributed by atoms with E-state index in [9.17, 15) is 4.79 Å². The Morgan fingerprint density at radius 2 is 2.12 bits per heavy atom. The SMILES string of the molecule is COc1ccccc1CCC(=O)N1CCCN(C2CCSC2)CC1. The molecule has 1 amide bonds. The third kappa shape index (κ3) is 4.45. The van der Waals surface area contributed by atoms with Crippen molar-refractivity contribution in [2.75, 3.05) is 44.8 Å². The van der Waals surface area contributed by atoms with Gasteiger partial charge >= 0.3 is 0 Å². The molecule has 1 aromatic carbocycles. The molecule has 4 nitrogen and oxygen atoms in total. The van der Waals surface area contributed by atoms with Gasteiger partial charge in [-0.15, -0.1) is 0 Å². The maximum absolute atomic E-state index is 12.6. The van der Waals surface area contributed by atoms with Crippen molar-refractivity contribution in [3.8, 4) is 5.75 Å². The smallest absolute Gasteiger partial charge is 0.222 e. The van der Waals surface area contributed by atoms with Crippen molar-refractivity contribution in [1.29, 1.82) is 0 Å². The molecule has 24 heavy (non-hydrogen) atoms. The lowest BCUT2D eigenvalue weighted by Crippen LogP contribution is -2.39. The largest absolute Gasteiger partial charge is 0.496 e. The first kappa shape index (κ1) is 17.6. The summed E-state index contributed by atoms with van der Waals surface area (Å²) >= 11 is 2.06. The summed E-state index contributed by atoms with van der Waals surface area (Å²) in [6.45, 7) is 3.96. The number of ether oxygens (including phenoxy) is 1. The molecule has 0 aliphatic carbocycles. The Morgan fingerprint density at radius 1 is 1.25 bits per heavy atom. The van der Waals surface area contributed by atoms with E-state index in [4.69, 9.17) is 4.74 Å². The zero-order valence-electron chi connectivity index (χ0n) is 14.6. The number of carbonyl (C=O) groups is 1. The molecule has 2 heterocycles. The predicted octanol–water partition coefficient (Wildman–Crippen LogP) is 2.67. The second kappa shape index (κ2) is 8.77. The molecule has 0 aromatic heterocycles. The zero-order chi connectivity index (χ0) is 16.8. The minimum Gasteiger partial charge on any atom is -0.496 e. The van der Waals surface area contributed by atoms with E-state index >= 15 is 0 Å². The van der Waals surface area contributed by atoms with Crippen molar-refractivity contribution in [1.82, 2.24) is 9.80 Å². The topological polar surface area (TPSA) is 32.8 Å². The van der Waals surface area contributed by atoms with Crippen molar-refractivity contribution in [3.05, 3.63) is 29.8 Å². The van der Waals surface area contributed by atoms with E-state index in [1.165, 1.54) is 17.9 Å². The molecule has 5 heteroatoms. The summed E-state index contributed by atoms with van der Waals surface area (Å²) in [6.07, 6.45) is 3.73. The van der Waals surface area contributed by atoms with Crippen LogP contribution < -0.4 is 4.74 Å². The number of carbonyl (C=O) groups excluding carboxylic acids is 1. The summed E-state index contributed by atoms with van der Waals surface area (Å²) in [5.41, 5.74) is 1.12. The third-order valence-corrected chi connectivity index (χ3v) is 6.25. The number of aryl methyl sites for hydroxylation is 1. The van der Waals surface area contributed by atoms with Gasteiger partial charge in [-0.2, -0.15) is 11.8 Å². The highest BCUT2D eigenvalue weighted by atomic mass is 32.2. The number of hydrogen-bond donors (Lipinski definition) is 0. The molecular formula is C19H28N2O2S. The lowest BCUT2D eigenvalue weighted by atomic mass is 10.1. The van der Waals surface area contributed by atoms with Crippen LogP contribution in [0, 0.1) is 0 Å². The lowest BCUT2D eigenvalue weighted by molar-refractivity contribution is -0.131. The molecule has 132 valence electrons. The Hall–Kier alpha value is -1.20. The van der Waals surface area contributed by atoms with Crippen molar-refractivity contribution in [2.24, 2.45) is 0 Å². The van der Waals surface area contributed by atoms with Gasteiger partial charge in [-0.05, 0) is 36.6 Å². The Kier molecular flexibility index (Phi) is 6.44. The molecule has 1 atom stereocenters. The molecule has 0 radical (unpaired) electrons. The van der Waals surface area contributed by atoms with Crippen LogP contribution in [0.4, 0.5) is 0 Å². The summed E-state index contributed by atoms with van der Waals surface area (Å²) in [5.74, 6) is 3.72. The standard InChI is InChI=1S/C19H28N2O2S/c1-23-18-6-3-2-5-16(18)7-8-19(22)21-11-4-10-20(12-13-21)17-9-14-24-15-17/h2-3,5-6,17H,4,7-15H2,1H3. The van der Waals surface area contributed by atoms with Gasteiger partial charge < -0.3 is 9.64 Å². The summed E-state index contributed by atoms with van der Waals surface area (Å²) < 4.78 is 5.38. The van der Waals surface area contributed by atoms with Crippen molar-refractivity contribution < 1.29 is 9.53 Å². The van der Waals surface area contributed by atoms with Gasteiger partial charge in [0.2, 0.25) is 5.91 Å². The minimum atomic E-state index is 0.281. The first-order valence-electron chi connectivity index (χ1n) is 8.99. The minimum absolute atomic E-state index is 0.281. The molecular weight excluding hydrogens is 320 g/mol. The molecule has 0 N–H and O–H groups in total. The van der Waals surface area contributed by atoms with Gasteiger partial charge in [0.25, 0.3) is 0 Å². The number of methoxy groups -OCH3 is 1. The van der Waals surface area contributed by atoms with Crippen LogP contribution in [-0.4, -0.2) is 66.5 Å². The molecule has 3 rings (SSSR count). The van der Waals surface area contributed by atoms with Crippen molar-refractivity contribution >= 4 is 17.7 Å². The second-order valence-electron chi connectivity index (χ2n) is 6.60. The summed E-state index contributed by atoms with van der Waals surface area (Å²) in [6, 6.07) is 8.72. The highest BCUT2D eigenvalue weighted by molar-refractivity contribution is 7.99. The molecule has 1 aromatic rings. The average Bonchev–Trinajstić information content (AvgIpc) is 3.04. The third-order valence-electron chi connectivity index (χ3n) is 5.11. The first-order valence-corrected chi connectivity index (χ1v) is 10.1. The Labute approximate surface area is 149 Å². The predicted molar refractivity (Wildman–Crippen MR) is 99.8 cm³/mol. The number of nitrogens with zero attached hydrogens (tertiary/aromatic N) is 2. The van der Waals surface area contributed by atoms with E-state index in [1.54, 1.807) is 7.11 Å². The van der Waals surface area contributed by atoms with Gasteiger partial charge in [-0.1, -0.05) is 18.2 Å². The summed E-state index contributed by atoms with van der Waals surface area (Å²) in [7, 11) is 1.69. The van der Waals surface area contributed by atoms with Crippen LogP contribution >= 0.6 is 11.8 Å². The number of benzene rings is 1. The highest BCUT2D eigenvalue weighted by Crippen LogP contribution is 2.24. The molecule has 2 fully saturated rings. The average molecular weight is 349 g/mol. The van der Waals surface area contributed by atoms with Gasteiger partial charge in [0.15, 0.2) is 0 Å². The van der Waals surface area contributed by atoms with E-state index in [2.05, 4.69) is 21.6 Å². The molecule has 1 unspecified atom stereocenters. The van der Waals surface area contributed by atoms with Crippen LogP contribution in [0.2, 0.25) is 0 Å². The molecule has 0 spiro atoms. The van der Waals surface area contributed by atoms with Gasteiger partial charge in [-0.25, -0.2) is 0 Å². The van der Waals surface area contributed by atoms with Gasteiger partial charge in [0, 0.05) is 44.4 Å². The monoisotopic (exact) mass is 348 g/mol. The fraction of sp³-hybridized carbons (Fsp3) is 0.632. The van der Waals surface area contributed by atoms with E-state index in [1.807, 2.05) is 24.3 Å². The van der Waals surface area contributed by atoms with Crippen LogP contribution in [-0.2, 0) is 11.2 Å². The number of para-hydroxylation sites is 1. The van der Waals surface area contributed by atoms with Crippen molar-refractivity contribution in [3.63, 3.8) is 0 Å². The van der Waals surface area contributed by atoms with Crippen LogP contribution in [0.3, 0.4) is 0 Å².